The molecular weight excluding hydrogens is 356 g/mol. The molecular formula is C18H24N2O7. The molecule has 0 aliphatic heterocycles. The molecule has 0 saturated heterocycles. The average Bonchev–Trinajstić information content (AvgIpc) is 2.58. The van der Waals surface area contributed by atoms with E-state index >= 15 is 0 Å². The third-order valence-electron chi connectivity index (χ3n) is 3.29. The van der Waals surface area contributed by atoms with Crippen LogP contribution in [-0.4, -0.2) is 50.1 Å². The molecule has 0 unspecified atom stereocenters. The van der Waals surface area contributed by atoms with Gasteiger partial charge in [0.2, 0.25) is 0 Å². The number of ether oxygens (including phenoxy) is 3. The van der Waals surface area contributed by atoms with Crippen molar-refractivity contribution in [2.45, 2.75) is 39.3 Å². The van der Waals surface area contributed by atoms with Gasteiger partial charge >= 0.3 is 12.0 Å². The van der Waals surface area contributed by atoms with E-state index in [2.05, 4.69) is 10.6 Å². The number of carbonyl (C=O) groups excluding carboxylic acids is 4. The molecule has 0 heterocycles. The fourth-order valence-electron chi connectivity index (χ4n) is 2.11. The molecule has 1 aromatic carbocycles. The highest BCUT2D eigenvalue weighted by Gasteiger charge is 2.27. The molecule has 0 bridgehead atoms. The smallest absolute Gasteiger partial charge is 0.343 e. The summed E-state index contributed by atoms with van der Waals surface area (Å²) < 4.78 is 15.3. The van der Waals surface area contributed by atoms with Crippen molar-refractivity contribution in [3.8, 4) is 11.5 Å². The third kappa shape index (κ3) is 5.98. The molecule has 27 heavy (non-hydrogen) atoms. The Labute approximate surface area is 157 Å². The van der Waals surface area contributed by atoms with E-state index in [0.717, 1.165) is 0 Å². The summed E-state index contributed by atoms with van der Waals surface area (Å²) in [6, 6.07) is 2.11. The van der Waals surface area contributed by atoms with Gasteiger partial charge < -0.3 is 19.5 Å². The lowest BCUT2D eigenvalue weighted by Crippen LogP contribution is -2.50. The zero-order chi connectivity index (χ0) is 20.8. The molecule has 148 valence electrons. The number of carbonyl (C=O) groups is 4. The number of hydrogen-bond donors (Lipinski definition) is 2. The van der Waals surface area contributed by atoms with E-state index in [0.29, 0.717) is 6.29 Å². The molecule has 2 N–H and O–H groups in total. The Morgan fingerprint density at radius 2 is 1.74 bits per heavy atom. The van der Waals surface area contributed by atoms with E-state index in [4.69, 9.17) is 14.2 Å². The lowest BCUT2D eigenvalue weighted by atomic mass is 10.1. The number of hydrogen-bond acceptors (Lipinski definition) is 7. The van der Waals surface area contributed by atoms with E-state index < -0.39 is 29.6 Å². The summed E-state index contributed by atoms with van der Waals surface area (Å²) in [6.45, 7) is 6.54. The van der Waals surface area contributed by atoms with Crippen molar-refractivity contribution in [3.63, 3.8) is 0 Å². The van der Waals surface area contributed by atoms with Crippen molar-refractivity contribution in [1.29, 1.82) is 0 Å². The first kappa shape index (κ1) is 21.9. The predicted octanol–water partition coefficient (Wildman–Crippen LogP) is 1.69. The molecule has 1 rings (SSSR count). The average molecular weight is 380 g/mol. The highest BCUT2D eigenvalue weighted by Crippen LogP contribution is 2.33. The van der Waals surface area contributed by atoms with Crippen LogP contribution in [0.4, 0.5) is 4.79 Å². The first-order valence-electron chi connectivity index (χ1n) is 8.08. The summed E-state index contributed by atoms with van der Waals surface area (Å²) >= 11 is 0. The van der Waals surface area contributed by atoms with Crippen LogP contribution in [0.2, 0.25) is 0 Å². The van der Waals surface area contributed by atoms with Crippen LogP contribution in [0.25, 0.3) is 0 Å². The maximum atomic E-state index is 12.5. The van der Waals surface area contributed by atoms with E-state index in [1.165, 1.54) is 33.3 Å². The Kier molecular flexibility index (Phi) is 7.33. The van der Waals surface area contributed by atoms with Crippen molar-refractivity contribution < 1.29 is 33.4 Å². The minimum atomic E-state index is -1.29. The number of nitrogens with one attached hydrogen (secondary N) is 2. The number of methoxy groups -OCH3 is 2. The third-order valence-corrected chi connectivity index (χ3v) is 3.29. The molecule has 0 saturated carbocycles. The molecule has 0 aliphatic carbocycles. The number of esters is 1. The van der Waals surface area contributed by atoms with Crippen LogP contribution in [-0.2, 0) is 9.53 Å². The van der Waals surface area contributed by atoms with Gasteiger partial charge in [0.1, 0.15) is 5.56 Å². The maximum absolute atomic E-state index is 12.5. The van der Waals surface area contributed by atoms with E-state index in [1.54, 1.807) is 20.8 Å². The van der Waals surface area contributed by atoms with Gasteiger partial charge in [0.25, 0.3) is 5.91 Å². The van der Waals surface area contributed by atoms with E-state index in [1.807, 2.05) is 0 Å². The first-order chi connectivity index (χ1) is 12.5. The lowest BCUT2D eigenvalue weighted by Gasteiger charge is -2.21. The second-order valence-electron chi connectivity index (χ2n) is 6.62. The molecule has 9 heteroatoms. The van der Waals surface area contributed by atoms with Crippen LogP contribution in [0.5, 0.6) is 11.5 Å². The van der Waals surface area contributed by atoms with Crippen molar-refractivity contribution in [1.82, 2.24) is 10.6 Å². The van der Waals surface area contributed by atoms with Crippen LogP contribution in [0.1, 0.15) is 48.4 Å². The van der Waals surface area contributed by atoms with E-state index in [9.17, 15) is 19.2 Å². The zero-order valence-electron chi connectivity index (χ0n) is 16.2. The van der Waals surface area contributed by atoms with Gasteiger partial charge in [0.05, 0.1) is 14.2 Å². The summed E-state index contributed by atoms with van der Waals surface area (Å²) in [5.41, 5.74) is -0.710. The minimum Gasteiger partial charge on any atom is -0.493 e. The predicted molar refractivity (Wildman–Crippen MR) is 96.2 cm³/mol. The number of imide groups is 1. The van der Waals surface area contributed by atoms with Crippen LogP contribution in [0.15, 0.2) is 12.1 Å². The van der Waals surface area contributed by atoms with Gasteiger partial charge in [-0.1, -0.05) is 0 Å². The minimum absolute atomic E-state index is 0.00480. The molecule has 0 aliphatic rings. The number of benzene rings is 1. The molecule has 3 amide bonds. The summed E-state index contributed by atoms with van der Waals surface area (Å²) in [6.07, 6.45) is -0.835. The summed E-state index contributed by atoms with van der Waals surface area (Å²) in [5, 5.41) is 4.63. The quantitative estimate of drug-likeness (QED) is 0.569. The Balaban J connectivity index is 2.97. The Bertz CT molecular complexity index is 738. The second kappa shape index (κ2) is 9.02. The standard InChI is InChI=1S/C18H24N2O7/c1-10(15(22)19-17(24)20-18(2,3)4)27-16(23)13-11(9-21)7-8-12(25-5)14(13)26-6/h7-10H,1-6H3,(H2,19,20,22,24)/t10-/m1/s1. The normalized spacial score (nSPS) is 11.8. The van der Waals surface area contributed by atoms with Crippen LogP contribution in [0.3, 0.4) is 0 Å². The number of urea groups is 1. The zero-order valence-corrected chi connectivity index (χ0v) is 16.2. The van der Waals surface area contributed by atoms with Crippen LogP contribution in [0, 0.1) is 0 Å². The van der Waals surface area contributed by atoms with E-state index in [-0.39, 0.29) is 22.6 Å². The first-order valence-corrected chi connectivity index (χ1v) is 8.08. The molecule has 1 aromatic rings. The van der Waals surface area contributed by atoms with Gasteiger partial charge in [-0.05, 0) is 39.8 Å². The maximum Gasteiger partial charge on any atom is 0.343 e. The Hall–Kier alpha value is -3.10. The largest absolute Gasteiger partial charge is 0.493 e. The van der Waals surface area contributed by atoms with Gasteiger partial charge in [0, 0.05) is 11.1 Å². The van der Waals surface area contributed by atoms with Crippen LogP contribution < -0.4 is 20.1 Å². The monoisotopic (exact) mass is 380 g/mol. The highest BCUT2D eigenvalue weighted by atomic mass is 16.6. The number of aldehydes is 1. The topological polar surface area (TPSA) is 120 Å². The molecule has 1 atom stereocenters. The SMILES string of the molecule is COc1ccc(C=O)c(C(=O)O[C@H](C)C(=O)NC(=O)NC(C)(C)C)c1OC. The number of amides is 3. The molecule has 0 spiro atoms. The number of rotatable bonds is 6. The summed E-state index contributed by atoms with van der Waals surface area (Å²) in [5.74, 6) is -1.56. The Morgan fingerprint density at radius 3 is 2.22 bits per heavy atom. The van der Waals surface area contributed by atoms with Crippen molar-refractivity contribution in [2.75, 3.05) is 14.2 Å². The second-order valence-corrected chi connectivity index (χ2v) is 6.62. The van der Waals surface area contributed by atoms with Gasteiger partial charge in [0.15, 0.2) is 23.9 Å². The fraction of sp³-hybridized carbons (Fsp3) is 0.444. The van der Waals surface area contributed by atoms with Crippen molar-refractivity contribution in [3.05, 3.63) is 23.3 Å². The van der Waals surface area contributed by atoms with Gasteiger partial charge in [-0.15, -0.1) is 0 Å². The molecule has 0 radical (unpaired) electrons. The molecule has 0 fully saturated rings. The summed E-state index contributed by atoms with van der Waals surface area (Å²) in [4.78, 5) is 47.6. The lowest BCUT2D eigenvalue weighted by molar-refractivity contribution is -0.127. The van der Waals surface area contributed by atoms with Gasteiger partial charge in [-0.2, -0.15) is 0 Å². The van der Waals surface area contributed by atoms with Gasteiger partial charge in [-0.25, -0.2) is 9.59 Å². The van der Waals surface area contributed by atoms with Gasteiger partial charge in [-0.3, -0.25) is 14.9 Å². The fourth-order valence-corrected chi connectivity index (χ4v) is 2.11. The van der Waals surface area contributed by atoms with Crippen molar-refractivity contribution in [2.24, 2.45) is 0 Å². The summed E-state index contributed by atoms with van der Waals surface area (Å²) in [7, 11) is 2.67. The van der Waals surface area contributed by atoms with Crippen LogP contribution >= 0.6 is 0 Å². The Morgan fingerprint density at radius 1 is 1.11 bits per heavy atom. The van der Waals surface area contributed by atoms with Crippen molar-refractivity contribution >= 4 is 24.2 Å². The molecule has 9 nitrogen and oxygen atoms in total. The highest BCUT2D eigenvalue weighted by molar-refractivity contribution is 6.03. The molecule has 0 aromatic heterocycles.